The van der Waals surface area contributed by atoms with Gasteiger partial charge < -0.3 is 0 Å². The van der Waals surface area contributed by atoms with Crippen LogP contribution in [-0.2, 0) is 16.0 Å². The average molecular weight is 452 g/mol. The zero-order valence-corrected chi connectivity index (χ0v) is 18.9. The van der Waals surface area contributed by atoms with E-state index in [-0.39, 0.29) is 34.9 Å². The molecule has 0 radical (unpaired) electrons. The molecule has 0 aliphatic carbocycles. The second kappa shape index (κ2) is 8.59. The third-order valence-corrected chi connectivity index (χ3v) is 5.57. The molecule has 0 saturated carbocycles. The number of imide groups is 1. The fourth-order valence-corrected chi connectivity index (χ4v) is 4.00. The first-order chi connectivity index (χ1) is 15.3. The highest BCUT2D eigenvalue weighted by molar-refractivity contribution is 6.44. The van der Waals surface area contributed by atoms with Crippen LogP contribution < -0.4 is 10.1 Å². The van der Waals surface area contributed by atoms with E-state index in [2.05, 4.69) is 5.10 Å². The number of aromatic amines is 1. The van der Waals surface area contributed by atoms with E-state index in [1.807, 2.05) is 26.8 Å². The van der Waals surface area contributed by atoms with Crippen LogP contribution in [0.25, 0.3) is 17.0 Å². The minimum Gasteiger partial charge on any atom is -0.294 e. The number of hydrogen-bond acceptors (Lipinski definition) is 3. The van der Waals surface area contributed by atoms with Gasteiger partial charge in [0, 0.05) is 29.4 Å². The maximum absolute atomic E-state index is 13.6. The Morgan fingerprint density at radius 3 is 2.25 bits per heavy atom. The van der Waals surface area contributed by atoms with Gasteiger partial charge in [-0.05, 0) is 36.6 Å². The van der Waals surface area contributed by atoms with E-state index in [1.54, 1.807) is 53.4 Å². The van der Waals surface area contributed by atoms with Crippen molar-refractivity contribution >= 4 is 34.7 Å². The maximum atomic E-state index is 13.6. The summed E-state index contributed by atoms with van der Waals surface area (Å²) in [6.45, 7) is 6.05. The van der Waals surface area contributed by atoms with Crippen molar-refractivity contribution in [2.24, 2.45) is 5.92 Å². The quantitative estimate of drug-likeness (QED) is 0.462. The van der Waals surface area contributed by atoms with E-state index in [4.69, 9.17) is 11.6 Å². The molecule has 1 N–H and O–H groups in total. The molecule has 2 aromatic heterocycles. The zero-order valence-electron chi connectivity index (χ0n) is 18.1. The molecule has 0 spiro atoms. The molecule has 0 atom stereocenters. The van der Waals surface area contributed by atoms with Crippen molar-refractivity contribution in [3.05, 3.63) is 81.5 Å². The number of hydrogen-bond donors (Lipinski definition) is 1. The van der Waals surface area contributed by atoms with Crippen molar-refractivity contribution < 1.29 is 14.2 Å². The lowest BCUT2D eigenvalue weighted by atomic mass is 10.0. The molecule has 32 heavy (non-hydrogen) atoms. The van der Waals surface area contributed by atoms with Gasteiger partial charge in [0.25, 0.3) is 17.2 Å². The van der Waals surface area contributed by atoms with Crippen molar-refractivity contribution in [2.45, 2.75) is 27.2 Å². The Balaban J connectivity index is 1.97. The molecular formula is C24H24ClN4O3+. The second-order valence-electron chi connectivity index (χ2n) is 8.06. The molecule has 1 aliphatic heterocycles. The van der Waals surface area contributed by atoms with Gasteiger partial charge >= 0.3 is 5.91 Å². The van der Waals surface area contributed by atoms with Crippen molar-refractivity contribution in [1.29, 1.82) is 0 Å². The average Bonchev–Trinajstić information content (AvgIpc) is 3.23. The predicted molar refractivity (Wildman–Crippen MR) is 122 cm³/mol. The van der Waals surface area contributed by atoms with Gasteiger partial charge in [0.05, 0.1) is 11.3 Å². The molecule has 0 saturated heterocycles. The first kappa shape index (κ1) is 21.8. The monoisotopic (exact) mass is 451 g/mol. The Hall–Kier alpha value is -3.45. The van der Waals surface area contributed by atoms with Gasteiger partial charge in [-0.1, -0.05) is 38.4 Å². The van der Waals surface area contributed by atoms with E-state index in [0.717, 1.165) is 0 Å². The smallest absolute Gasteiger partial charge is 0.294 e. The zero-order chi connectivity index (χ0) is 23.0. The van der Waals surface area contributed by atoms with Crippen molar-refractivity contribution in [3.8, 4) is 5.69 Å². The lowest BCUT2D eigenvalue weighted by molar-refractivity contribution is -0.576. The number of nitrogens with one attached hydrogen (secondary N) is 1. The van der Waals surface area contributed by atoms with Gasteiger partial charge in [-0.25, -0.2) is 4.68 Å². The summed E-state index contributed by atoms with van der Waals surface area (Å²) in [6.07, 6.45) is 3.89. The number of pyridine rings is 1. The first-order valence-electron chi connectivity index (χ1n) is 10.5. The fraction of sp³-hybridized carbons (Fsp3) is 0.250. The molecule has 4 rings (SSSR count). The highest BCUT2D eigenvalue weighted by Gasteiger charge is 2.47. The van der Waals surface area contributed by atoms with Crippen LogP contribution in [0.1, 0.15) is 32.0 Å². The summed E-state index contributed by atoms with van der Waals surface area (Å²) in [5.41, 5.74) is 1.31. The number of amides is 2. The number of carbonyl (C=O) groups excluding carboxylic acids is 2. The van der Waals surface area contributed by atoms with Gasteiger partial charge in [0.15, 0.2) is 12.4 Å². The first-order valence-corrected chi connectivity index (χ1v) is 10.9. The largest absolute Gasteiger partial charge is 0.326 e. The Morgan fingerprint density at radius 1 is 1.00 bits per heavy atom. The third-order valence-electron chi connectivity index (χ3n) is 5.32. The summed E-state index contributed by atoms with van der Waals surface area (Å²) in [5.74, 6) is -0.772. The van der Waals surface area contributed by atoms with Crippen LogP contribution >= 0.6 is 11.6 Å². The van der Waals surface area contributed by atoms with Crippen molar-refractivity contribution in [1.82, 2.24) is 14.7 Å². The second-order valence-corrected chi connectivity index (χ2v) is 8.49. The molecule has 3 heterocycles. The van der Waals surface area contributed by atoms with Crippen LogP contribution in [0, 0.1) is 5.92 Å². The Morgan fingerprint density at radius 2 is 1.66 bits per heavy atom. The van der Waals surface area contributed by atoms with E-state index < -0.39 is 11.8 Å². The van der Waals surface area contributed by atoms with E-state index in [0.29, 0.717) is 22.8 Å². The Kier molecular flexibility index (Phi) is 5.84. The van der Waals surface area contributed by atoms with E-state index in [1.165, 1.54) is 9.58 Å². The van der Waals surface area contributed by atoms with E-state index in [9.17, 15) is 14.4 Å². The van der Waals surface area contributed by atoms with Crippen LogP contribution in [-0.4, -0.2) is 33.0 Å². The summed E-state index contributed by atoms with van der Waals surface area (Å²) in [4.78, 5) is 41.6. The molecule has 1 aliphatic rings. The number of aryl methyl sites for hydroxylation is 1. The van der Waals surface area contributed by atoms with Gasteiger partial charge in [-0.2, -0.15) is 4.57 Å². The van der Waals surface area contributed by atoms with Gasteiger partial charge in [-0.15, -0.1) is 0 Å². The minimum absolute atomic E-state index is 0.0897. The highest BCUT2D eigenvalue weighted by atomic mass is 35.5. The summed E-state index contributed by atoms with van der Waals surface area (Å²) in [5, 5.41) is 3.66. The number of rotatable bonds is 6. The maximum Gasteiger partial charge on any atom is 0.326 e. The SMILES string of the molecule is CCc1[nH]n(-c2ccc(Cl)cc2)c(=O)c1C1=C([n+]2ccccc2)C(=O)N(CC(C)C)C1=O. The lowest BCUT2D eigenvalue weighted by Crippen LogP contribution is -2.40. The predicted octanol–water partition coefficient (Wildman–Crippen LogP) is 3.06. The molecule has 164 valence electrons. The molecule has 0 bridgehead atoms. The number of aromatic nitrogens is 3. The third kappa shape index (κ3) is 3.69. The summed E-state index contributed by atoms with van der Waals surface area (Å²) in [7, 11) is 0. The summed E-state index contributed by atoms with van der Waals surface area (Å²) < 4.78 is 2.99. The number of nitrogens with zero attached hydrogens (tertiary/aromatic N) is 3. The van der Waals surface area contributed by atoms with Gasteiger partial charge in [0.1, 0.15) is 5.57 Å². The Labute approximate surface area is 190 Å². The number of benzene rings is 1. The van der Waals surface area contributed by atoms with Gasteiger partial charge in [0.2, 0.25) is 0 Å². The minimum atomic E-state index is -0.455. The number of H-pyrrole nitrogens is 1. The van der Waals surface area contributed by atoms with Crippen LogP contribution in [0.2, 0.25) is 5.02 Å². The summed E-state index contributed by atoms with van der Waals surface area (Å²) >= 11 is 5.99. The number of halogens is 1. The van der Waals surface area contributed by atoms with Crippen molar-refractivity contribution in [2.75, 3.05) is 6.54 Å². The standard InChI is InChI=1S/C24H23ClN4O3/c1-4-18-19(23(31)29(26-18)17-10-8-16(25)9-11-17)20-21(27-12-6-5-7-13-27)24(32)28(22(20)30)14-15(2)3/h5-13,15H,4,14H2,1-3H3/p+1. The molecular weight excluding hydrogens is 428 g/mol. The lowest BCUT2D eigenvalue weighted by Gasteiger charge is -2.16. The van der Waals surface area contributed by atoms with Gasteiger partial charge in [-0.3, -0.25) is 24.4 Å². The summed E-state index contributed by atoms with van der Waals surface area (Å²) in [6, 6.07) is 12.2. The fourth-order valence-electron chi connectivity index (χ4n) is 3.87. The molecule has 8 heteroatoms. The number of carbonyl (C=O) groups is 2. The molecule has 1 aromatic carbocycles. The van der Waals surface area contributed by atoms with Crippen LogP contribution in [0.3, 0.4) is 0 Å². The van der Waals surface area contributed by atoms with Crippen LogP contribution in [0.5, 0.6) is 0 Å². The van der Waals surface area contributed by atoms with Crippen LogP contribution in [0.15, 0.2) is 59.7 Å². The van der Waals surface area contributed by atoms with Crippen LogP contribution in [0.4, 0.5) is 0 Å². The van der Waals surface area contributed by atoms with Crippen molar-refractivity contribution in [3.63, 3.8) is 0 Å². The normalized spacial score (nSPS) is 14.2. The molecule has 7 nitrogen and oxygen atoms in total. The molecule has 2 amide bonds. The highest BCUT2D eigenvalue weighted by Crippen LogP contribution is 2.30. The molecule has 0 fully saturated rings. The molecule has 0 unspecified atom stereocenters. The molecule has 3 aromatic rings. The Bertz CT molecular complexity index is 1270. The van der Waals surface area contributed by atoms with E-state index >= 15 is 0 Å². The topological polar surface area (TPSA) is 79.1 Å².